The van der Waals surface area contributed by atoms with Crippen LogP contribution >= 0.6 is 0 Å². The molecule has 0 bridgehead atoms. The van der Waals surface area contributed by atoms with E-state index in [0.717, 1.165) is 38.5 Å². The van der Waals surface area contributed by atoms with Crippen molar-refractivity contribution in [2.45, 2.75) is 88.9 Å². The first-order chi connectivity index (χ1) is 18.9. The first kappa shape index (κ1) is 27.3. The van der Waals surface area contributed by atoms with Crippen molar-refractivity contribution in [1.29, 1.82) is 0 Å². The van der Waals surface area contributed by atoms with Gasteiger partial charge in [-0.25, -0.2) is 9.59 Å². The molecular formula is C28H42N6O6. The summed E-state index contributed by atoms with van der Waals surface area (Å²) in [5.41, 5.74) is 10.5. The number of carbonyl (C=O) groups is 4. The quantitative estimate of drug-likeness (QED) is 0.336. The number of hydrogen-bond donors (Lipinski definition) is 3. The fourth-order valence-corrected chi connectivity index (χ4v) is 8.37. The van der Waals surface area contributed by atoms with Gasteiger partial charge in [0.25, 0.3) is 11.8 Å². The lowest BCUT2D eigenvalue weighted by molar-refractivity contribution is -0.160. The van der Waals surface area contributed by atoms with Crippen LogP contribution in [0.5, 0.6) is 0 Å². The summed E-state index contributed by atoms with van der Waals surface area (Å²) < 4.78 is 5.39. The molecule has 6 fully saturated rings. The minimum Gasteiger partial charge on any atom is -0.385 e. The SMILES string of the molecule is CN1C(=O)N(CC2(C)COC2)C2(CC3(CCC(N4C(=O)N(CC5CCCC5)C(=O)C(=C(N)N)C4O)CC3)C2)C1=O. The normalized spacial score (nSPS) is 36.2. The molecule has 1 atom stereocenters. The van der Waals surface area contributed by atoms with Gasteiger partial charge in [0.15, 0.2) is 6.23 Å². The zero-order chi connectivity index (χ0) is 28.6. The van der Waals surface area contributed by atoms with Crippen LogP contribution in [0.3, 0.4) is 0 Å². The number of carbonyl (C=O) groups excluding carboxylic acids is 4. The van der Waals surface area contributed by atoms with Crippen molar-refractivity contribution < 1.29 is 29.0 Å². The van der Waals surface area contributed by atoms with Crippen molar-refractivity contribution in [3.8, 4) is 0 Å². The first-order valence-electron chi connectivity index (χ1n) is 14.7. The van der Waals surface area contributed by atoms with Gasteiger partial charge in [-0.15, -0.1) is 0 Å². The average molecular weight is 559 g/mol. The minimum absolute atomic E-state index is 0.110. The van der Waals surface area contributed by atoms with Gasteiger partial charge in [0.1, 0.15) is 16.9 Å². The summed E-state index contributed by atoms with van der Waals surface area (Å²) in [4.78, 5) is 58.9. The molecule has 12 nitrogen and oxygen atoms in total. The zero-order valence-electron chi connectivity index (χ0n) is 23.6. The molecule has 3 saturated heterocycles. The molecule has 3 saturated carbocycles. The molecule has 3 heterocycles. The van der Waals surface area contributed by atoms with Gasteiger partial charge in [0.2, 0.25) is 0 Å². The molecule has 1 unspecified atom stereocenters. The first-order valence-corrected chi connectivity index (χ1v) is 14.7. The molecule has 3 aliphatic carbocycles. The molecule has 6 amide bonds. The maximum Gasteiger partial charge on any atom is 0.329 e. The molecule has 5 N–H and O–H groups in total. The molecule has 0 aromatic carbocycles. The maximum atomic E-state index is 13.6. The second-order valence-electron chi connectivity index (χ2n) is 13.7. The van der Waals surface area contributed by atoms with E-state index in [-0.39, 0.29) is 46.1 Å². The third-order valence-corrected chi connectivity index (χ3v) is 10.6. The summed E-state index contributed by atoms with van der Waals surface area (Å²) in [7, 11) is 1.56. The number of amides is 6. The van der Waals surface area contributed by atoms with Gasteiger partial charge in [-0.1, -0.05) is 19.8 Å². The van der Waals surface area contributed by atoms with Crippen LogP contribution in [0.15, 0.2) is 11.4 Å². The number of nitrogens with two attached hydrogens (primary N) is 2. The third kappa shape index (κ3) is 4.00. The predicted octanol–water partition coefficient (Wildman–Crippen LogP) is 1.28. The molecule has 12 heteroatoms. The van der Waals surface area contributed by atoms with E-state index in [1.54, 1.807) is 11.9 Å². The molecule has 2 spiro atoms. The van der Waals surface area contributed by atoms with Gasteiger partial charge < -0.3 is 26.2 Å². The molecule has 0 aromatic rings. The number of likely N-dealkylation sites (N-methyl/N-ethyl adjacent to an activating group) is 1. The van der Waals surface area contributed by atoms with Crippen molar-refractivity contribution in [3.05, 3.63) is 11.4 Å². The topological polar surface area (TPSA) is 163 Å². The molecule has 0 radical (unpaired) electrons. The molecule has 3 aliphatic heterocycles. The second-order valence-corrected chi connectivity index (χ2v) is 13.7. The number of imide groups is 2. The van der Waals surface area contributed by atoms with Crippen molar-refractivity contribution in [2.24, 2.45) is 28.2 Å². The Labute approximate surface area is 234 Å². The van der Waals surface area contributed by atoms with Gasteiger partial charge in [-0.2, -0.15) is 0 Å². The van der Waals surface area contributed by atoms with Gasteiger partial charge in [0, 0.05) is 31.6 Å². The Morgan fingerprint density at radius 3 is 2.17 bits per heavy atom. The highest BCUT2D eigenvalue weighted by Gasteiger charge is 2.68. The Morgan fingerprint density at radius 1 is 1.00 bits per heavy atom. The Hall–Kier alpha value is -2.86. The number of aliphatic hydroxyl groups excluding tert-OH is 1. The van der Waals surface area contributed by atoms with Gasteiger partial charge in [-0.05, 0) is 62.7 Å². The fraction of sp³-hybridized carbons (Fsp3) is 0.786. The van der Waals surface area contributed by atoms with Gasteiger partial charge in [0.05, 0.1) is 13.2 Å². The number of urea groups is 2. The van der Waals surface area contributed by atoms with Gasteiger partial charge in [-0.3, -0.25) is 24.3 Å². The fourth-order valence-electron chi connectivity index (χ4n) is 8.37. The number of rotatable bonds is 5. The molecule has 6 aliphatic rings. The molecule has 0 aromatic heterocycles. The predicted molar refractivity (Wildman–Crippen MR) is 143 cm³/mol. The van der Waals surface area contributed by atoms with Crippen LogP contribution in [0.4, 0.5) is 9.59 Å². The van der Waals surface area contributed by atoms with E-state index in [1.807, 2.05) is 0 Å². The number of aliphatic hydroxyl groups is 1. The Kier molecular flexibility index (Phi) is 6.38. The highest BCUT2D eigenvalue weighted by Crippen LogP contribution is 2.62. The molecular weight excluding hydrogens is 516 g/mol. The summed E-state index contributed by atoms with van der Waals surface area (Å²) in [5, 5.41) is 11.1. The lowest BCUT2D eigenvalue weighted by Crippen LogP contribution is -2.67. The third-order valence-electron chi connectivity index (χ3n) is 10.6. The largest absolute Gasteiger partial charge is 0.385 e. The van der Waals surface area contributed by atoms with Crippen molar-refractivity contribution in [3.63, 3.8) is 0 Å². The van der Waals surface area contributed by atoms with Crippen molar-refractivity contribution in [2.75, 3.05) is 33.4 Å². The smallest absolute Gasteiger partial charge is 0.329 e. The standard InChI is InChI=1S/C28H42N6O6/c1-26(15-40-16-26)14-33-24(38)31(2)23(37)28(33)12-27(13-28)9-7-18(8-10-27)34-22(36)19(20(29)30)21(35)32(25(34)39)11-17-5-3-4-6-17/h17-18,22,36H,3-16,29-30H2,1-2H3. The van der Waals surface area contributed by atoms with E-state index in [9.17, 15) is 24.3 Å². The highest BCUT2D eigenvalue weighted by molar-refractivity contribution is 6.08. The van der Waals surface area contributed by atoms with Crippen LogP contribution in [-0.4, -0.2) is 99.7 Å². The Morgan fingerprint density at radius 2 is 1.62 bits per heavy atom. The number of hydrogen-bond acceptors (Lipinski definition) is 8. The minimum atomic E-state index is -1.49. The zero-order valence-corrected chi connectivity index (χ0v) is 23.6. The molecule has 40 heavy (non-hydrogen) atoms. The van der Waals surface area contributed by atoms with Gasteiger partial charge >= 0.3 is 12.1 Å². The second kappa shape index (κ2) is 9.34. The van der Waals surface area contributed by atoms with E-state index in [2.05, 4.69) is 6.92 Å². The summed E-state index contributed by atoms with van der Waals surface area (Å²) in [5.74, 6) is -0.760. The van der Waals surface area contributed by atoms with Crippen LogP contribution in [0, 0.1) is 16.7 Å². The lowest BCUT2D eigenvalue weighted by atomic mass is 9.51. The lowest BCUT2D eigenvalue weighted by Gasteiger charge is -2.60. The van der Waals surface area contributed by atoms with Crippen LogP contribution in [0.1, 0.15) is 71.1 Å². The highest BCUT2D eigenvalue weighted by atomic mass is 16.5. The Bertz CT molecular complexity index is 1140. The maximum absolute atomic E-state index is 13.6. The van der Waals surface area contributed by atoms with Crippen LogP contribution < -0.4 is 11.5 Å². The van der Waals surface area contributed by atoms with E-state index in [1.165, 1.54) is 14.7 Å². The summed E-state index contributed by atoms with van der Waals surface area (Å²) in [6.45, 7) is 4.04. The Balaban J connectivity index is 1.17. The molecule has 6 rings (SSSR count). The van der Waals surface area contributed by atoms with E-state index in [4.69, 9.17) is 16.2 Å². The van der Waals surface area contributed by atoms with E-state index >= 15 is 0 Å². The molecule has 220 valence electrons. The van der Waals surface area contributed by atoms with Crippen molar-refractivity contribution in [1.82, 2.24) is 19.6 Å². The van der Waals surface area contributed by atoms with Crippen LogP contribution in [-0.2, 0) is 14.3 Å². The van der Waals surface area contributed by atoms with E-state index < -0.39 is 23.7 Å². The average Bonchev–Trinajstić information content (AvgIpc) is 3.45. The van der Waals surface area contributed by atoms with Crippen LogP contribution in [0.2, 0.25) is 0 Å². The van der Waals surface area contributed by atoms with E-state index in [0.29, 0.717) is 52.0 Å². The summed E-state index contributed by atoms with van der Waals surface area (Å²) in [6, 6.07) is -1.01. The number of ether oxygens (including phenoxy) is 1. The van der Waals surface area contributed by atoms with Crippen molar-refractivity contribution >= 4 is 23.9 Å². The van der Waals surface area contributed by atoms with Crippen LogP contribution in [0.25, 0.3) is 0 Å². The monoisotopic (exact) mass is 558 g/mol. The summed E-state index contributed by atoms with van der Waals surface area (Å²) >= 11 is 0. The summed E-state index contributed by atoms with van der Waals surface area (Å²) in [6.07, 6.45) is 6.53. The number of nitrogens with zero attached hydrogens (tertiary/aromatic N) is 4.